The van der Waals surface area contributed by atoms with Gasteiger partial charge in [-0.1, -0.05) is 30.3 Å². The summed E-state index contributed by atoms with van der Waals surface area (Å²) in [5.41, 5.74) is 5.57. The van der Waals surface area contributed by atoms with Crippen molar-refractivity contribution in [2.24, 2.45) is 5.73 Å². The van der Waals surface area contributed by atoms with Crippen molar-refractivity contribution in [2.45, 2.75) is 43.0 Å². The second-order valence-electron chi connectivity index (χ2n) is 7.42. The van der Waals surface area contributed by atoms with Crippen LogP contribution in [0.3, 0.4) is 0 Å². The first-order valence-corrected chi connectivity index (χ1v) is 10.00. The maximum Gasteiger partial charge on any atom is 0.490 e. The van der Waals surface area contributed by atoms with E-state index in [0.717, 1.165) is 17.8 Å². The van der Waals surface area contributed by atoms with Crippen LogP contribution in [0.5, 0.6) is 0 Å². The number of ether oxygens (including phenoxy) is 1. The highest BCUT2D eigenvalue weighted by Gasteiger charge is 2.59. The van der Waals surface area contributed by atoms with Crippen LogP contribution in [0, 0.1) is 0 Å². The number of aliphatic carboxylic acids is 1. The highest BCUT2D eigenvalue weighted by Crippen LogP contribution is 2.41. The van der Waals surface area contributed by atoms with Gasteiger partial charge in [0.1, 0.15) is 11.9 Å². The summed E-state index contributed by atoms with van der Waals surface area (Å²) in [5.74, 6) is -7.34. The molecule has 0 radical (unpaired) electrons. The van der Waals surface area contributed by atoms with Gasteiger partial charge in [0.15, 0.2) is 6.10 Å². The number of amides is 1. The summed E-state index contributed by atoms with van der Waals surface area (Å²) in [4.78, 5) is 36.8. The third-order valence-corrected chi connectivity index (χ3v) is 4.77. The van der Waals surface area contributed by atoms with Crippen molar-refractivity contribution in [1.82, 2.24) is 9.55 Å². The van der Waals surface area contributed by atoms with Gasteiger partial charge in [-0.15, -0.1) is 0 Å². The van der Waals surface area contributed by atoms with Gasteiger partial charge in [-0.05, 0) is 18.1 Å². The molecule has 1 aliphatic rings. The SMILES string of the molecule is N[C@@H](Cc1ccccc1)C(=O)Nc1ccn([C@@H]2O[C@H](CO)[C@@H](O)C2(F)F)c(=O)n1.O=C(O)C(F)(F)F. The van der Waals surface area contributed by atoms with E-state index >= 15 is 0 Å². The number of carbonyl (C=O) groups excluding carboxylic acids is 1. The second kappa shape index (κ2) is 11.5. The standard InChI is InChI=1S/C18H20F2N4O5.C2HF3O2/c19-18(20)14(26)12(9-25)29-16(18)24-7-6-13(23-17(24)28)22-15(27)11(21)8-10-4-2-1-3-5-10;3-2(4,5)1(6)7/h1-7,11-12,14,16,25-26H,8-9,21H2,(H,22,23,27,28);(H,6,7)/t11-,12+,14+,16+;/m0./s1. The summed E-state index contributed by atoms with van der Waals surface area (Å²) in [5, 5.41) is 28.1. The number of nitrogens with zero attached hydrogens (tertiary/aromatic N) is 2. The number of rotatable bonds is 6. The molecule has 2 heterocycles. The summed E-state index contributed by atoms with van der Waals surface area (Å²) >= 11 is 0. The number of aliphatic hydroxyl groups excluding tert-OH is 2. The van der Waals surface area contributed by atoms with Crippen LogP contribution < -0.4 is 16.7 Å². The Labute approximate surface area is 198 Å². The molecule has 1 fully saturated rings. The molecule has 0 saturated carbocycles. The van der Waals surface area contributed by atoms with Crippen LogP contribution in [-0.2, 0) is 20.7 Å². The number of hydrogen-bond acceptors (Lipinski definition) is 8. The lowest BCUT2D eigenvalue weighted by Gasteiger charge is -2.21. The van der Waals surface area contributed by atoms with E-state index in [4.69, 9.17) is 25.5 Å². The molecular weight excluding hydrogens is 503 g/mol. The molecule has 2 aromatic rings. The first kappa shape index (κ1) is 28.8. The van der Waals surface area contributed by atoms with Gasteiger partial charge in [0.2, 0.25) is 12.1 Å². The number of hydrogen-bond donors (Lipinski definition) is 5. The summed E-state index contributed by atoms with van der Waals surface area (Å²) in [7, 11) is 0. The van der Waals surface area contributed by atoms with E-state index in [0.29, 0.717) is 4.57 Å². The van der Waals surface area contributed by atoms with Gasteiger partial charge in [-0.2, -0.15) is 26.9 Å². The third kappa shape index (κ3) is 7.03. The Kier molecular flexibility index (Phi) is 9.20. The molecule has 16 heteroatoms. The molecule has 11 nitrogen and oxygen atoms in total. The topological polar surface area (TPSA) is 177 Å². The van der Waals surface area contributed by atoms with Gasteiger partial charge in [0.05, 0.1) is 12.6 Å². The maximum absolute atomic E-state index is 14.2. The molecule has 0 spiro atoms. The van der Waals surface area contributed by atoms with E-state index in [-0.39, 0.29) is 12.2 Å². The molecule has 0 unspecified atom stereocenters. The number of anilines is 1. The number of nitrogens with two attached hydrogens (primary N) is 1. The van der Waals surface area contributed by atoms with Crippen LogP contribution in [0.15, 0.2) is 47.4 Å². The Hall–Kier alpha value is -3.47. The van der Waals surface area contributed by atoms with Crippen LogP contribution >= 0.6 is 0 Å². The molecule has 0 bridgehead atoms. The quantitative estimate of drug-likeness (QED) is 0.332. The number of aromatic nitrogens is 2. The fraction of sp³-hybridized carbons (Fsp3) is 0.400. The zero-order valence-corrected chi connectivity index (χ0v) is 18.1. The number of carbonyl (C=O) groups is 2. The molecule has 198 valence electrons. The van der Waals surface area contributed by atoms with Crippen molar-refractivity contribution in [3.63, 3.8) is 0 Å². The van der Waals surface area contributed by atoms with Gasteiger partial charge in [-0.3, -0.25) is 9.36 Å². The minimum Gasteiger partial charge on any atom is -0.475 e. The molecule has 4 atom stereocenters. The highest BCUT2D eigenvalue weighted by molar-refractivity contribution is 5.94. The predicted octanol–water partition coefficient (Wildman–Crippen LogP) is 0.271. The van der Waals surface area contributed by atoms with Gasteiger partial charge in [0.25, 0.3) is 0 Å². The molecule has 6 N–H and O–H groups in total. The van der Waals surface area contributed by atoms with Crippen molar-refractivity contribution < 1.29 is 51.6 Å². The molecule has 1 aromatic carbocycles. The zero-order chi connectivity index (χ0) is 27.3. The van der Waals surface area contributed by atoms with Gasteiger partial charge in [-0.25, -0.2) is 9.59 Å². The van der Waals surface area contributed by atoms with E-state index in [9.17, 15) is 36.6 Å². The van der Waals surface area contributed by atoms with Crippen molar-refractivity contribution in [1.29, 1.82) is 0 Å². The van der Waals surface area contributed by atoms with Crippen LogP contribution in [0.4, 0.5) is 27.8 Å². The van der Waals surface area contributed by atoms with Gasteiger partial charge < -0.3 is 31.1 Å². The van der Waals surface area contributed by atoms with Crippen LogP contribution in [0.25, 0.3) is 0 Å². The van der Waals surface area contributed by atoms with Crippen molar-refractivity contribution >= 4 is 17.7 Å². The molecule has 1 aliphatic heterocycles. The maximum atomic E-state index is 14.2. The molecule has 36 heavy (non-hydrogen) atoms. The Morgan fingerprint density at radius 2 is 1.81 bits per heavy atom. The zero-order valence-electron chi connectivity index (χ0n) is 18.1. The number of benzene rings is 1. The fourth-order valence-electron chi connectivity index (χ4n) is 2.96. The van der Waals surface area contributed by atoms with E-state index in [2.05, 4.69) is 10.3 Å². The minimum absolute atomic E-state index is 0.166. The first-order chi connectivity index (χ1) is 16.7. The monoisotopic (exact) mass is 524 g/mol. The Bertz CT molecular complexity index is 1110. The number of carboxylic acid groups (broad SMARTS) is 1. The highest BCUT2D eigenvalue weighted by atomic mass is 19.4. The average molecular weight is 524 g/mol. The fourth-order valence-corrected chi connectivity index (χ4v) is 2.96. The summed E-state index contributed by atoms with van der Waals surface area (Å²) in [6.45, 7) is -0.844. The van der Waals surface area contributed by atoms with Gasteiger partial charge >= 0.3 is 23.8 Å². The van der Waals surface area contributed by atoms with Gasteiger partial charge in [0, 0.05) is 6.20 Å². The van der Waals surface area contributed by atoms with E-state index in [1.165, 1.54) is 0 Å². The van der Waals surface area contributed by atoms with Crippen LogP contribution in [0.1, 0.15) is 11.8 Å². The normalized spacial score (nSPS) is 21.7. The smallest absolute Gasteiger partial charge is 0.475 e. The molecule has 1 aromatic heterocycles. The largest absolute Gasteiger partial charge is 0.490 e. The molecule has 3 rings (SSSR count). The Balaban J connectivity index is 0.000000572. The summed E-state index contributed by atoms with van der Waals surface area (Å²) < 4.78 is 65.5. The van der Waals surface area contributed by atoms with Crippen molar-refractivity contribution in [3.8, 4) is 0 Å². The molecule has 0 aliphatic carbocycles. The number of aliphatic hydroxyl groups is 2. The lowest BCUT2D eigenvalue weighted by Crippen LogP contribution is -2.42. The Morgan fingerprint density at radius 1 is 1.22 bits per heavy atom. The van der Waals surface area contributed by atoms with E-state index in [1.807, 2.05) is 18.2 Å². The first-order valence-electron chi connectivity index (χ1n) is 10.00. The summed E-state index contributed by atoms with van der Waals surface area (Å²) in [6.07, 6.45) is -9.83. The number of halogens is 5. The van der Waals surface area contributed by atoms with E-state index in [1.54, 1.807) is 12.1 Å². The van der Waals surface area contributed by atoms with E-state index < -0.39 is 60.7 Å². The predicted molar refractivity (Wildman–Crippen MR) is 111 cm³/mol. The van der Waals surface area contributed by atoms with Crippen molar-refractivity contribution in [3.05, 3.63) is 58.6 Å². The second-order valence-corrected chi connectivity index (χ2v) is 7.42. The third-order valence-electron chi connectivity index (χ3n) is 4.77. The lowest BCUT2D eigenvalue weighted by atomic mass is 10.1. The van der Waals surface area contributed by atoms with Crippen molar-refractivity contribution in [2.75, 3.05) is 11.9 Å². The average Bonchev–Trinajstić information content (AvgIpc) is 3.03. The minimum atomic E-state index is -5.08. The molecular formula is C20H21F5N4O7. The number of nitrogens with one attached hydrogen (secondary N) is 1. The number of carboxylic acids is 1. The summed E-state index contributed by atoms with van der Waals surface area (Å²) in [6, 6.07) is 9.27. The van der Waals surface area contributed by atoms with Crippen LogP contribution in [-0.4, -0.2) is 73.7 Å². The lowest BCUT2D eigenvalue weighted by molar-refractivity contribution is -0.192. The van der Waals surface area contributed by atoms with Crippen LogP contribution in [0.2, 0.25) is 0 Å². The Morgan fingerprint density at radius 3 is 2.28 bits per heavy atom. The molecule has 1 amide bonds. The molecule has 1 saturated heterocycles. The number of alkyl halides is 5.